The number of aromatic nitrogens is 2. The minimum absolute atomic E-state index is 0.166. The minimum atomic E-state index is -0.238. The zero-order chi connectivity index (χ0) is 11.8. The summed E-state index contributed by atoms with van der Waals surface area (Å²) in [4.78, 5) is 11.8. The predicted octanol–water partition coefficient (Wildman–Crippen LogP) is 3.02. The second-order valence-electron chi connectivity index (χ2n) is 3.81. The quantitative estimate of drug-likeness (QED) is 0.945. The van der Waals surface area contributed by atoms with Crippen LogP contribution in [0.25, 0.3) is 0 Å². The second kappa shape index (κ2) is 4.23. The van der Waals surface area contributed by atoms with Crippen molar-refractivity contribution in [2.75, 3.05) is 5.32 Å². The Labute approximate surface area is 109 Å². The van der Waals surface area contributed by atoms with Gasteiger partial charge in [0.05, 0.1) is 9.35 Å². The molecule has 88 valence electrons. The van der Waals surface area contributed by atoms with Gasteiger partial charge in [-0.2, -0.15) is 0 Å². The third-order valence-corrected chi connectivity index (χ3v) is 3.92. The highest BCUT2D eigenvalue weighted by Gasteiger charge is 2.29. The lowest BCUT2D eigenvalue weighted by atomic mass is 10.3. The van der Waals surface area contributed by atoms with Crippen molar-refractivity contribution >= 4 is 39.2 Å². The van der Waals surface area contributed by atoms with E-state index in [1.807, 2.05) is 0 Å². The number of anilines is 1. The van der Waals surface area contributed by atoms with Crippen LogP contribution in [-0.2, 0) is 0 Å². The smallest absolute Gasteiger partial charge is 0.322 e. The van der Waals surface area contributed by atoms with Crippen molar-refractivity contribution in [3.8, 4) is 0 Å². The lowest BCUT2D eigenvalue weighted by molar-refractivity contribution is 0.102. The maximum Gasteiger partial charge on any atom is 0.322 e. The molecule has 7 heteroatoms. The fraction of sp³-hybridized carbons (Fsp3) is 0.300. The molecule has 1 saturated carbocycles. The van der Waals surface area contributed by atoms with Gasteiger partial charge in [-0.25, -0.2) is 0 Å². The van der Waals surface area contributed by atoms with Crippen LogP contribution in [0.4, 0.5) is 6.01 Å². The highest BCUT2D eigenvalue weighted by Crippen LogP contribution is 2.39. The van der Waals surface area contributed by atoms with E-state index in [1.165, 1.54) is 11.3 Å². The van der Waals surface area contributed by atoms with E-state index in [0.717, 1.165) is 16.6 Å². The molecule has 0 saturated heterocycles. The molecule has 0 aliphatic heterocycles. The summed E-state index contributed by atoms with van der Waals surface area (Å²) < 4.78 is 6.25. The Balaban J connectivity index is 1.71. The van der Waals surface area contributed by atoms with Gasteiger partial charge in [0.1, 0.15) is 0 Å². The van der Waals surface area contributed by atoms with Crippen molar-refractivity contribution < 1.29 is 9.21 Å². The first-order valence-electron chi connectivity index (χ1n) is 5.11. The average Bonchev–Trinajstić information content (AvgIpc) is 2.90. The van der Waals surface area contributed by atoms with Gasteiger partial charge in [-0.05, 0) is 34.8 Å². The number of rotatable bonds is 3. The first-order chi connectivity index (χ1) is 8.22. The molecule has 3 rings (SSSR count). The number of nitrogens with one attached hydrogen (secondary N) is 1. The molecule has 0 aromatic carbocycles. The van der Waals surface area contributed by atoms with E-state index in [1.54, 1.807) is 11.4 Å². The molecule has 17 heavy (non-hydrogen) atoms. The molecule has 0 unspecified atom stereocenters. The zero-order valence-corrected chi connectivity index (χ0v) is 11.0. The maximum atomic E-state index is 11.8. The van der Waals surface area contributed by atoms with Crippen molar-refractivity contribution in [3.63, 3.8) is 0 Å². The van der Waals surface area contributed by atoms with Crippen LogP contribution in [0.15, 0.2) is 19.6 Å². The summed E-state index contributed by atoms with van der Waals surface area (Å²) >= 11 is 4.76. The Hall–Kier alpha value is -1.21. The van der Waals surface area contributed by atoms with Crippen LogP contribution in [0.1, 0.15) is 35.0 Å². The summed E-state index contributed by atoms with van der Waals surface area (Å²) in [6.45, 7) is 0. The van der Waals surface area contributed by atoms with E-state index in [2.05, 4.69) is 31.4 Å². The fourth-order valence-corrected chi connectivity index (χ4v) is 2.52. The molecule has 1 fully saturated rings. The fourth-order valence-electron chi connectivity index (χ4n) is 1.38. The Kier molecular flexibility index (Phi) is 2.71. The summed E-state index contributed by atoms with van der Waals surface area (Å²) in [5.41, 5.74) is 0.577. The standard InChI is InChI=1S/C10H8BrN3O2S/c11-7-3-6(4-17-7)8(15)12-10-14-13-9(16-10)5-1-2-5/h3-5H,1-2H2,(H,12,14,15). The third-order valence-electron chi connectivity index (χ3n) is 2.42. The molecule has 2 aromatic rings. The number of carbonyl (C=O) groups excluding carboxylic acids is 1. The van der Waals surface area contributed by atoms with Crippen LogP contribution in [0, 0.1) is 0 Å². The van der Waals surface area contributed by atoms with Gasteiger partial charge in [0.2, 0.25) is 5.89 Å². The number of amides is 1. The molecule has 2 aromatic heterocycles. The van der Waals surface area contributed by atoms with E-state index < -0.39 is 0 Å². The topological polar surface area (TPSA) is 68.0 Å². The molecule has 1 amide bonds. The Morgan fingerprint density at radius 1 is 1.53 bits per heavy atom. The number of carbonyl (C=O) groups is 1. The lowest BCUT2D eigenvalue weighted by Crippen LogP contribution is -2.10. The summed E-state index contributed by atoms with van der Waals surface area (Å²) in [5.74, 6) is 0.771. The van der Waals surface area contributed by atoms with Crippen molar-refractivity contribution in [3.05, 3.63) is 26.7 Å². The number of nitrogens with zero attached hydrogens (tertiary/aromatic N) is 2. The molecule has 5 nitrogen and oxygen atoms in total. The van der Waals surface area contributed by atoms with Crippen LogP contribution < -0.4 is 5.32 Å². The van der Waals surface area contributed by atoms with Gasteiger partial charge in [0.15, 0.2) is 0 Å². The van der Waals surface area contributed by atoms with Crippen LogP contribution >= 0.6 is 27.3 Å². The molecule has 1 N–H and O–H groups in total. The van der Waals surface area contributed by atoms with Gasteiger partial charge in [0.25, 0.3) is 5.91 Å². The van der Waals surface area contributed by atoms with Crippen LogP contribution in [0.3, 0.4) is 0 Å². The van der Waals surface area contributed by atoms with Crippen LogP contribution in [0.2, 0.25) is 0 Å². The van der Waals surface area contributed by atoms with E-state index in [-0.39, 0.29) is 11.9 Å². The van der Waals surface area contributed by atoms with E-state index in [4.69, 9.17) is 4.42 Å². The summed E-state index contributed by atoms with van der Waals surface area (Å²) in [6, 6.07) is 1.91. The van der Waals surface area contributed by atoms with Gasteiger partial charge in [-0.15, -0.1) is 16.4 Å². The third kappa shape index (κ3) is 2.39. The van der Waals surface area contributed by atoms with Gasteiger partial charge < -0.3 is 4.42 Å². The Morgan fingerprint density at radius 3 is 3.00 bits per heavy atom. The Bertz CT molecular complexity index is 561. The summed E-state index contributed by atoms with van der Waals surface area (Å²) in [5, 5.41) is 12.0. The van der Waals surface area contributed by atoms with Crippen LogP contribution in [-0.4, -0.2) is 16.1 Å². The number of thiophene rings is 1. The number of hydrogen-bond acceptors (Lipinski definition) is 5. The van der Waals surface area contributed by atoms with Gasteiger partial charge in [-0.3, -0.25) is 10.1 Å². The molecule has 1 aliphatic carbocycles. The number of halogens is 1. The minimum Gasteiger partial charge on any atom is -0.408 e. The van der Waals surface area contributed by atoms with Crippen molar-refractivity contribution in [1.82, 2.24) is 10.2 Å². The molecular weight excluding hydrogens is 306 g/mol. The molecular formula is C10H8BrN3O2S. The molecule has 0 radical (unpaired) electrons. The largest absolute Gasteiger partial charge is 0.408 e. The van der Waals surface area contributed by atoms with Crippen molar-refractivity contribution in [2.24, 2.45) is 0 Å². The van der Waals surface area contributed by atoms with E-state index >= 15 is 0 Å². The molecule has 0 bridgehead atoms. The monoisotopic (exact) mass is 313 g/mol. The first kappa shape index (κ1) is 10.9. The zero-order valence-electron chi connectivity index (χ0n) is 8.64. The first-order valence-corrected chi connectivity index (χ1v) is 6.78. The van der Waals surface area contributed by atoms with Crippen molar-refractivity contribution in [1.29, 1.82) is 0 Å². The summed E-state index contributed by atoms with van der Waals surface area (Å²) in [6.07, 6.45) is 2.18. The molecule has 0 atom stereocenters. The van der Waals surface area contributed by atoms with Gasteiger partial charge >= 0.3 is 6.01 Å². The van der Waals surface area contributed by atoms with E-state index in [0.29, 0.717) is 17.4 Å². The van der Waals surface area contributed by atoms with E-state index in [9.17, 15) is 4.79 Å². The van der Waals surface area contributed by atoms with Gasteiger partial charge in [-0.1, -0.05) is 5.10 Å². The summed E-state index contributed by atoms with van der Waals surface area (Å²) in [7, 11) is 0. The second-order valence-corrected chi connectivity index (χ2v) is 6.10. The Morgan fingerprint density at radius 2 is 2.35 bits per heavy atom. The highest BCUT2D eigenvalue weighted by molar-refractivity contribution is 9.11. The molecule has 0 spiro atoms. The van der Waals surface area contributed by atoms with Crippen LogP contribution in [0.5, 0.6) is 0 Å². The SMILES string of the molecule is O=C(Nc1nnc(C2CC2)o1)c1csc(Br)c1. The molecule has 1 aliphatic rings. The normalized spacial score (nSPS) is 14.9. The van der Waals surface area contributed by atoms with Gasteiger partial charge in [0, 0.05) is 11.3 Å². The highest BCUT2D eigenvalue weighted by atomic mass is 79.9. The van der Waals surface area contributed by atoms with Crippen molar-refractivity contribution in [2.45, 2.75) is 18.8 Å². The molecule has 2 heterocycles. The lowest BCUT2D eigenvalue weighted by Gasteiger charge is -1.96. The average molecular weight is 314 g/mol. The predicted molar refractivity (Wildman–Crippen MR) is 66.2 cm³/mol. The number of hydrogen-bond donors (Lipinski definition) is 1. The maximum absolute atomic E-state index is 11.8.